The molecule has 1 aromatic heterocycles. The molecule has 1 aliphatic carbocycles. The van der Waals surface area contributed by atoms with E-state index in [0.29, 0.717) is 6.42 Å². The van der Waals surface area contributed by atoms with Crippen LogP contribution in [0.4, 0.5) is 0 Å². The van der Waals surface area contributed by atoms with Crippen molar-refractivity contribution in [3.05, 3.63) is 36.0 Å². The molecule has 0 bridgehead atoms. The van der Waals surface area contributed by atoms with E-state index >= 15 is 0 Å². The summed E-state index contributed by atoms with van der Waals surface area (Å²) in [5.74, 6) is -0.265. The van der Waals surface area contributed by atoms with Crippen LogP contribution >= 0.6 is 0 Å². The first-order valence-electron chi connectivity index (χ1n) is 5.60. The maximum atomic E-state index is 11.6. The van der Waals surface area contributed by atoms with Crippen molar-refractivity contribution in [3.63, 3.8) is 0 Å². The second kappa shape index (κ2) is 3.34. The minimum absolute atomic E-state index is 0.0612. The quantitative estimate of drug-likeness (QED) is 0.769. The first-order valence-corrected chi connectivity index (χ1v) is 5.60. The number of esters is 1. The molecule has 0 spiro atoms. The summed E-state index contributed by atoms with van der Waals surface area (Å²) in [6.45, 7) is 0. The van der Waals surface area contributed by atoms with Gasteiger partial charge in [0, 0.05) is 23.0 Å². The number of carbonyl (C=O) groups excluding carboxylic acids is 1. The number of hydrogen-bond acceptors (Lipinski definition) is 3. The number of methoxy groups -OCH3 is 1. The Morgan fingerprint density at radius 2 is 2.29 bits per heavy atom. The molecule has 1 heterocycles. The van der Waals surface area contributed by atoms with Crippen LogP contribution < -0.4 is 5.73 Å². The van der Waals surface area contributed by atoms with Gasteiger partial charge >= 0.3 is 5.97 Å². The summed E-state index contributed by atoms with van der Waals surface area (Å²) < 4.78 is 4.74. The second-order valence-electron chi connectivity index (χ2n) is 4.58. The van der Waals surface area contributed by atoms with Crippen molar-refractivity contribution in [2.24, 2.45) is 5.73 Å². The largest absolute Gasteiger partial charge is 0.468 e. The summed E-state index contributed by atoms with van der Waals surface area (Å²) in [5, 5.41) is 1.13. The van der Waals surface area contributed by atoms with E-state index in [1.807, 2.05) is 30.5 Å². The van der Waals surface area contributed by atoms with Gasteiger partial charge in [-0.1, -0.05) is 18.2 Å². The van der Waals surface area contributed by atoms with Crippen LogP contribution in [0.15, 0.2) is 30.5 Å². The van der Waals surface area contributed by atoms with Crippen molar-refractivity contribution in [1.82, 2.24) is 4.98 Å². The van der Waals surface area contributed by atoms with Crippen LogP contribution in [0.2, 0.25) is 0 Å². The fraction of sp³-hybridized carbons (Fsp3) is 0.308. The third-order valence-corrected chi connectivity index (χ3v) is 3.57. The van der Waals surface area contributed by atoms with E-state index in [4.69, 9.17) is 10.5 Å². The number of rotatable bonds is 2. The predicted octanol–water partition coefficient (Wildman–Crippen LogP) is 1.53. The first kappa shape index (κ1) is 10.4. The molecule has 0 radical (unpaired) electrons. The number of hydrogen-bond donors (Lipinski definition) is 2. The number of carbonyl (C=O) groups is 1. The molecule has 3 N–H and O–H groups in total. The van der Waals surface area contributed by atoms with Crippen molar-refractivity contribution in [2.75, 3.05) is 7.11 Å². The van der Waals surface area contributed by atoms with Gasteiger partial charge in [-0.3, -0.25) is 4.79 Å². The molecule has 3 rings (SSSR count). The van der Waals surface area contributed by atoms with E-state index in [-0.39, 0.29) is 11.9 Å². The van der Waals surface area contributed by atoms with E-state index < -0.39 is 5.54 Å². The number of benzene rings is 1. The Bertz CT molecular complexity index is 590. The third kappa shape index (κ3) is 1.37. The van der Waals surface area contributed by atoms with Gasteiger partial charge in [-0.25, -0.2) is 0 Å². The van der Waals surface area contributed by atoms with E-state index in [1.165, 1.54) is 7.11 Å². The fourth-order valence-electron chi connectivity index (χ4n) is 2.46. The first-order chi connectivity index (χ1) is 8.16. The molecule has 1 fully saturated rings. The summed E-state index contributed by atoms with van der Waals surface area (Å²) in [6, 6.07) is 8.01. The average Bonchev–Trinajstić information content (AvgIpc) is 2.88. The number of fused-ring (bicyclic) bond motifs is 1. The van der Waals surface area contributed by atoms with Crippen LogP contribution in [0.5, 0.6) is 0 Å². The summed E-state index contributed by atoms with van der Waals surface area (Å²) in [5.41, 5.74) is 7.38. The summed E-state index contributed by atoms with van der Waals surface area (Å²) in [6.07, 6.45) is 2.59. The zero-order valence-corrected chi connectivity index (χ0v) is 9.57. The lowest BCUT2D eigenvalue weighted by molar-refractivity contribution is -0.143. The molecule has 0 saturated heterocycles. The maximum absolute atomic E-state index is 11.6. The molecular formula is C13H14N2O2. The third-order valence-electron chi connectivity index (χ3n) is 3.57. The van der Waals surface area contributed by atoms with Crippen LogP contribution in [0.1, 0.15) is 17.9 Å². The van der Waals surface area contributed by atoms with Gasteiger partial charge in [0.1, 0.15) is 5.54 Å². The number of para-hydroxylation sites is 1. The smallest absolute Gasteiger partial charge is 0.326 e. The van der Waals surface area contributed by atoms with Crippen LogP contribution in [0, 0.1) is 0 Å². The van der Waals surface area contributed by atoms with Crippen molar-refractivity contribution in [3.8, 4) is 0 Å². The molecule has 2 aromatic rings. The summed E-state index contributed by atoms with van der Waals surface area (Å²) >= 11 is 0. The van der Waals surface area contributed by atoms with Gasteiger partial charge in [0.15, 0.2) is 0 Å². The number of nitrogens with two attached hydrogens (primary N) is 1. The molecule has 0 amide bonds. The Kier molecular flexibility index (Phi) is 2.03. The molecule has 88 valence electrons. The molecule has 1 aromatic carbocycles. The fourth-order valence-corrected chi connectivity index (χ4v) is 2.46. The normalized spacial score (nSPS) is 27.1. The zero-order chi connectivity index (χ0) is 12.0. The van der Waals surface area contributed by atoms with Gasteiger partial charge in [-0.2, -0.15) is 0 Å². The van der Waals surface area contributed by atoms with Crippen LogP contribution in [-0.2, 0) is 9.53 Å². The van der Waals surface area contributed by atoms with E-state index in [9.17, 15) is 4.79 Å². The second-order valence-corrected chi connectivity index (χ2v) is 4.58. The minimum atomic E-state index is -0.834. The van der Waals surface area contributed by atoms with Gasteiger partial charge in [-0.15, -0.1) is 0 Å². The average molecular weight is 230 g/mol. The lowest BCUT2D eigenvalue weighted by atomic mass is 10.1. The topological polar surface area (TPSA) is 68.1 Å². The molecule has 2 atom stereocenters. The van der Waals surface area contributed by atoms with E-state index in [2.05, 4.69) is 4.98 Å². The Morgan fingerprint density at radius 3 is 3.06 bits per heavy atom. The highest BCUT2D eigenvalue weighted by Gasteiger charge is 2.59. The number of ether oxygens (including phenoxy) is 1. The summed E-state index contributed by atoms with van der Waals surface area (Å²) in [7, 11) is 1.38. The highest BCUT2D eigenvalue weighted by molar-refractivity contribution is 5.91. The van der Waals surface area contributed by atoms with Crippen LogP contribution in [0.25, 0.3) is 10.9 Å². The molecule has 0 unspecified atom stereocenters. The standard InChI is InChI=1S/C13H14N2O2/c1-17-12(16)13(14)6-10(13)9-7-15-11-5-3-2-4-8(9)11/h2-5,7,10,15H,6,14H2,1H3/t10-,13+/m0/s1. The van der Waals surface area contributed by atoms with Gasteiger partial charge in [0.2, 0.25) is 0 Å². The monoisotopic (exact) mass is 230 g/mol. The Balaban J connectivity index is 2.00. The minimum Gasteiger partial charge on any atom is -0.468 e. The highest BCUT2D eigenvalue weighted by atomic mass is 16.5. The Morgan fingerprint density at radius 1 is 1.53 bits per heavy atom. The van der Waals surface area contributed by atoms with Crippen molar-refractivity contribution in [2.45, 2.75) is 17.9 Å². The molecule has 4 nitrogen and oxygen atoms in total. The number of H-pyrrole nitrogens is 1. The zero-order valence-electron chi connectivity index (χ0n) is 9.57. The van der Waals surface area contributed by atoms with Gasteiger partial charge in [0.05, 0.1) is 7.11 Å². The molecule has 0 aliphatic heterocycles. The molecule has 1 saturated carbocycles. The van der Waals surface area contributed by atoms with Crippen molar-refractivity contribution in [1.29, 1.82) is 0 Å². The van der Waals surface area contributed by atoms with E-state index in [0.717, 1.165) is 16.5 Å². The van der Waals surface area contributed by atoms with Crippen molar-refractivity contribution >= 4 is 16.9 Å². The molecular weight excluding hydrogens is 216 g/mol. The number of aromatic amines is 1. The van der Waals surface area contributed by atoms with Gasteiger partial charge < -0.3 is 15.5 Å². The molecule has 17 heavy (non-hydrogen) atoms. The van der Waals surface area contributed by atoms with Gasteiger partial charge in [-0.05, 0) is 18.1 Å². The Labute approximate surface area is 98.8 Å². The SMILES string of the molecule is COC(=O)[C@@]1(N)C[C@H]1c1c[nH]c2ccccc12. The van der Waals surface area contributed by atoms with E-state index in [1.54, 1.807) is 0 Å². The van der Waals surface area contributed by atoms with Crippen molar-refractivity contribution < 1.29 is 9.53 Å². The number of nitrogens with one attached hydrogen (secondary N) is 1. The summed E-state index contributed by atoms with van der Waals surface area (Å²) in [4.78, 5) is 14.8. The lowest BCUT2D eigenvalue weighted by Gasteiger charge is -2.07. The highest BCUT2D eigenvalue weighted by Crippen LogP contribution is 2.51. The molecule has 1 aliphatic rings. The maximum Gasteiger partial charge on any atom is 0.326 e. The molecule has 4 heteroatoms. The Hall–Kier alpha value is -1.81. The van der Waals surface area contributed by atoms with Crippen LogP contribution in [-0.4, -0.2) is 23.6 Å². The lowest BCUT2D eigenvalue weighted by Crippen LogP contribution is -2.35. The van der Waals surface area contributed by atoms with Gasteiger partial charge in [0.25, 0.3) is 0 Å². The number of aromatic nitrogens is 1. The van der Waals surface area contributed by atoms with Crippen LogP contribution in [0.3, 0.4) is 0 Å². The predicted molar refractivity (Wildman–Crippen MR) is 64.6 cm³/mol.